The number of rotatable bonds is 4. The fourth-order valence-electron chi connectivity index (χ4n) is 2.26. The molecule has 0 radical (unpaired) electrons. The van der Waals surface area contributed by atoms with Gasteiger partial charge in [0.15, 0.2) is 0 Å². The quantitative estimate of drug-likeness (QED) is 0.690. The van der Waals surface area contributed by atoms with Gasteiger partial charge in [0.1, 0.15) is 5.82 Å². The van der Waals surface area contributed by atoms with Crippen LogP contribution in [0.2, 0.25) is 0 Å². The molecule has 0 saturated heterocycles. The van der Waals surface area contributed by atoms with E-state index in [1.54, 1.807) is 24.4 Å². The number of fused-ring (bicyclic) bond motifs is 1. The van der Waals surface area contributed by atoms with Gasteiger partial charge in [-0.25, -0.2) is 4.39 Å². The second-order valence-corrected chi connectivity index (χ2v) is 4.91. The zero-order chi connectivity index (χ0) is 15.5. The van der Waals surface area contributed by atoms with Crippen LogP contribution in [-0.4, -0.2) is 21.2 Å². The van der Waals surface area contributed by atoms with Gasteiger partial charge in [-0.05, 0) is 17.7 Å². The van der Waals surface area contributed by atoms with E-state index < -0.39 is 5.82 Å². The molecule has 3 aromatic rings. The summed E-state index contributed by atoms with van der Waals surface area (Å²) in [6.45, 7) is -0.147. The molecule has 5 nitrogen and oxygen atoms in total. The number of carbonyl (C=O) groups excluding carboxylic acids is 1. The maximum Gasteiger partial charge on any atom is 0.253 e. The van der Waals surface area contributed by atoms with Crippen LogP contribution in [0, 0.1) is 5.82 Å². The Morgan fingerprint density at radius 1 is 1.32 bits per heavy atom. The molecular formula is C16H14FN3O2. The van der Waals surface area contributed by atoms with Crippen molar-refractivity contribution in [2.75, 3.05) is 0 Å². The van der Waals surface area contributed by atoms with Gasteiger partial charge in [0, 0.05) is 17.5 Å². The number of hydrogen-bond acceptors (Lipinski definition) is 3. The van der Waals surface area contributed by atoms with Gasteiger partial charge in [-0.1, -0.05) is 24.3 Å². The Bertz CT molecular complexity index is 829. The fourth-order valence-corrected chi connectivity index (χ4v) is 2.26. The number of carbonyl (C=O) groups is 1. The Balaban J connectivity index is 1.75. The summed E-state index contributed by atoms with van der Waals surface area (Å²) in [5.74, 6) is -0.744. The number of halogens is 1. The van der Waals surface area contributed by atoms with Gasteiger partial charge in [-0.2, -0.15) is 5.10 Å². The van der Waals surface area contributed by atoms with Crippen molar-refractivity contribution < 1.29 is 14.3 Å². The number of nitrogens with one attached hydrogen (secondary N) is 2. The monoisotopic (exact) mass is 299 g/mol. The molecule has 1 heterocycles. The average Bonchev–Trinajstić information content (AvgIpc) is 3.01. The van der Waals surface area contributed by atoms with Crippen LogP contribution < -0.4 is 5.32 Å². The lowest BCUT2D eigenvalue weighted by atomic mass is 10.1. The Morgan fingerprint density at radius 3 is 2.95 bits per heavy atom. The first-order valence-corrected chi connectivity index (χ1v) is 6.77. The summed E-state index contributed by atoms with van der Waals surface area (Å²) < 4.78 is 13.6. The number of para-hydroxylation sites is 1. The number of aromatic nitrogens is 2. The maximum absolute atomic E-state index is 13.6. The second-order valence-electron chi connectivity index (χ2n) is 4.91. The largest absolute Gasteiger partial charge is 0.392 e. The molecule has 0 atom stereocenters. The molecule has 3 N–H and O–H groups in total. The maximum atomic E-state index is 13.6. The minimum Gasteiger partial charge on any atom is -0.392 e. The fraction of sp³-hybridized carbons (Fsp3) is 0.125. The Morgan fingerprint density at radius 2 is 2.18 bits per heavy atom. The summed E-state index contributed by atoms with van der Waals surface area (Å²) in [5.41, 5.74) is 2.02. The van der Waals surface area contributed by atoms with Crippen molar-refractivity contribution in [3.8, 4) is 0 Å². The van der Waals surface area contributed by atoms with Crippen LogP contribution in [0.25, 0.3) is 10.9 Å². The molecule has 6 heteroatoms. The third kappa shape index (κ3) is 2.68. The van der Waals surface area contributed by atoms with Gasteiger partial charge in [-0.3, -0.25) is 9.89 Å². The van der Waals surface area contributed by atoms with Crippen LogP contribution >= 0.6 is 0 Å². The van der Waals surface area contributed by atoms with E-state index in [4.69, 9.17) is 5.11 Å². The minimum absolute atomic E-state index is 0.200. The van der Waals surface area contributed by atoms with Gasteiger partial charge >= 0.3 is 0 Å². The number of H-pyrrole nitrogens is 1. The topological polar surface area (TPSA) is 78.0 Å². The third-order valence-electron chi connectivity index (χ3n) is 3.46. The van der Waals surface area contributed by atoms with Gasteiger partial charge in [-0.15, -0.1) is 0 Å². The molecule has 22 heavy (non-hydrogen) atoms. The van der Waals surface area contributed by atoms with Crippen LogP contribution in [0.3, 0.4) is 0 Å². The number of benzene rings is 2. The second kappa shape index (κ2) is 5.95. The molecule has 112 valence electrons. The van der Waals surface area contributed by atoms with E-state index in [2.05, 4.69) is 15.5 Å². The standard InChI is InChI=1S/C16H14FN3O2/c17-14-6-10(4-5-12(14)9-21)7-18-16(22)13-3-1-2-11-8-19-20-15(11)13/h1-6,8,21H,7,9H2,(H,18,22)(H,19,20). The highest BCUT2D eigenvalue weighted by atomic mass is 19.1. The minimum atomic E-state index is -0.482. The average molecular weight is 299 g/mol. The highest BCUT2D eigenvalue weighted by Crippen LogP contribution is 2.16. The van der Waals surface area contributed by atoms with Crippen molar-refractivity contribution in [3.05, 3.63) is 65.1 Å². The molecule has 0 bridgehead atoms. The number of nitrogens with zero attached hydrogens (tertiary/aromatic N) is 1. The molecule has 2 aromatic carbocycles. The Kier molecular flexibility index (Phi) is 3.84. The summed E-state index contributed by atoms with van der Waals surface area (Å²) in [7, 11) is 0. The van der Waals surface area contributed by atoms with E-state index in [1.165, 1.54) is 12.1 Å². The molecule has 0 fully saturated rings. The van der Waals surface area contributed by atoms with Crippen molar-refractivity contribution in [1.29, 1.82) is 0 Å². The summed E-state index contributed by atoms with van der Waals surface area (Å²) in [5, 5.41) is 19.2. The van der Waals surface area contributed by atoms with Gasteiger partial charge in [0.05, 0.1) is 23.9 Å². The van der Waals surface area contributed by atoms with Crippen LogP contribution in [0.1, 0.15) is 21.5 Å². The number of amides is 1. The highest BCUT2D eigenvalue weighted by Gasteiger charge is 2.11. The van der Waals surface area contributed by atoms with E-state index in [0.717, 1.165) is 5.39 Å². The SMILES string of the molecule is O=C(NCc1ccc(CO)c(F)c1)c1cccc2cn[nH]c12. The van der Waals surface area contributed by atoms with Crippen molar-refractivity contribution in [2.24, 2.45) is 0 Å². The Labute approximate surface area is 125 Å². The van der Waals surface area contributed by atoms with Gasteiger partial charge < -0.3 is 10.4 Å². The van der Waals surface area contributed by atoms with Crippen molar-refractivity contribution in [1.82, 2.24) is 15.5 Å². The number of hydrogen-bond donors (Lipinski definition) is 3. The Hall–Kier alpha value is -2.73. The normalized spacial score (nSPS) is 10.8. The van der Waals surface area contributed by atoms with E-state index in [1.807, 2.05) is 6.07 Å². The third-order valence-corrected chi connectivity index (χ3v) is 3.46. The molecule has 3 rings (SSSR count). The molecule has 0 aliphatic heterocycles. The molecular weight excluding hydrogens is 285 g/mol. The van der Waals surface area contributed by atoms with Crippen LogP contribution in [-0.2, 0) is 13.2 Å². The molecule has 0 aliphatic carbocycles. The molecule has 0 aliphatic rings. The number of aromatic amines is 1. The van der Waals surface area contributed by atoms with E-state index in [-0.39, 0.29) is 24.6 Å². The first-order chi connectivity index (χ1) is 10.7. The summed E-state index contributed by atoms with van der Waals surface area (Å²) >= 11 is 0. The molecule has 0 saturated carbocycles. The lowest BCUT2D eigenvalue weighted by molar-refractivity contribution is 0.0952. The van der Waals surface area contributed by atoms with Crippen molar-refractivity contribution in [3.63, 3.8) is 0 Å². The van der Waals surface area contributed by atoms with E-state index >= 15 is 0 Å². The number of aliphatic hydroxyl groups is 1. The summed E-state index contributed by atoms with van der Waals surface area (Å²) in [6, 6.07) is 9.83. The molecule has 1 aromatic heterocycles. The van der Waals surface area contributed by atoms with E-state index in [9.17, 15) is 9.18 Å². The number of aliphatic hydroxyl groups excluding tert-OH is 1. The van der Waals surface area contributed by atoms with Crippen LogP contribution in [0.5, 0.6) is 0 Å². The molecule has 0 spiro atoms. The summed E-state index contributed by atoms with van der Waals surface area (Å²) in [4.78, 5) is 12.2. The van der Waals surface area contributed by atoms with Crippen molar-refractivity contribution in [2.45, 2.75) is 13.2 Å². The zero-order valence-corrected chi connectivity index (χ0v) is 11.6. The van der Waals surface area contributed by atoms with Crippen molar-refractivity contribution >= 4 is 16.8 Å². The van der Waals surface area contributed by atoms with Gasteiger partial charge in [0.2, 0.25) is 0 Å². The smallest absolute Gasteiger partial charge is 0.253 e. The van der Waals surface area contributed by atoms with Crippen LogP contribution in [0.4, 0.5) is 4.39 Å². The molecule has 1 amide bonds. The predicted molar refractivity (Wildman–Crippen MR) is 79.6 cm³/mol. The predicted octanol–water partition coefficient (Wildman–Crippen LogP) is 2.12. The first kappa shape index (κ1) is 14.2. The summed E-state index contributed by atoms with van der Waals surface area (Å²) in [6.07, 6.45) is 1.65. The van der Waals surface area contributed by atoms with Crippen LogP contribution in [0.15, 0.2) is 42.6 Å². The molecule has 0 unspecified atom stereocenters. The van der Waals surface area contributed by atoms with E-state index in [0.29, 0.717) is 16.6 Å². The lowest BCUT2D eigenvalue weighted by Crippen LogP contribution is -2.23. The van der Waals surface area contributed by atoms with Gasteiger partial charge in [0.25, 0.3) is 5.91 Å². The zero-order valence-electron chi connectivity index (χ0n) is 11.6. The lowest BCUT2D eigenvalue weighted by Gasteiger charge is -2.07. The first-order valence-electron chi connectivity index (χ1n) is 6.77. The highest BCUT2D eigenvalue weighted by molar-refractivity contribution is 6.05.